The van der Waals surface area contributed by atoms with Gasteiger partial charge in [0, 0.05) is 6.04 Å². The second kappa shape index (κ2) is 4.54. The van der Waals surface area contributed by atoms with E-state index in [1.54, 1.807) is 0 Å². The van der Waals surface area contributed by atoms with Crippen LogP contribution in [0.4, 0.5) is 13.2 Å². The Morgan fingerprint density at radius 1 is 1.41 bits per heavy atom. The van der Waals surface area contributed by atoms with Crippen LogP contribution in [0.1, 0.15) is 32.6 Å². The number of aliphatic carboxylic acids is 1. The van der Waals surface area contributed by atoms with E-state index in [0.717, 1.165) is 0 Å². The van der Waals surface area contributed by atoms with E-state index in [0.29, 0.717) is 6.42 Å². The van der Waals surface area contributed by atoms with Crippen LogP contribution in [0.15, 0.2) is 0 Å². The highest BCUT2D eigenvalue weighted by Gasteiger charge is 2.51. The molecule has 1 atom stereocenters. The number of hydrogen-bond acceptors (Lipinski definition) is 2. The summed E-state index contributed by atoms with van der Waals surface area (Å²) in [6, 6.07) is -1.11. The van der Waals surface area contributed by atoms with E-state index < -0.39 is 35.9 Å². The summed E-state index contributed by atoms with van der Waals surface area (Å²) in [5, 5.41) is 11.0. The van der Waals surface area contributed by atoms with E-state index in [1.165, 1.54) is 6.92 Å². The first-order valence-electron chi connectivity index (χ1n) is 5.28. The minimum atomic E-state index is -4.37. The Hall–Kier alpha value is -1.27. The van der Waals surface area contributed by atoms with Gasteiger partial charge < -0.3 is 10.4 Å². The Kier molecular flexibility index (Phi) is 3.68. The highest BCUT2D eigenvalue weighted by atomic mass is 19.4. The molecule has 0 aromatic heterocycles. The van der Waals surface area contributed by atoms with Crippen molar-refractivity contribution in [3.05, 3.63) is 0 Å². The molecule has 1 saturated carbocycles. The number of carboxylic acids is 1. The van der Waals surface area contributed by atoms with Crippen molar-refractivity contribution >= 4 is 11.9 Å². The maximum Gasteiger partial charge on any atom is 0.391 e. The average molecular weight is 253 g/mol. The van der Waals surface area contributed by atoms with Crippen LogP contribution in [0.2, 0.25) is 0 Å². The van der Waals surface area contributed by atoms with Crippen molar-refractivity contribution in [3.8, 4) is 0 Å². The van der Waals surface area contributed by atoms with Crippen molar-refractivity contribution in [2.24, 2.45) is 5.41 Å². The third-order valence-corrected chi connectivity index (χ3v) is 2.97. The Morgan fingerprint density at radius 3 is 2.24 bits per heavy atom. The normalized spacial score (nSPS) is 20.2. The van der Waals surface area contributed by atoms with Crippen molar-refractivity contribution in [1.29, 1.82) is 0 Å². The lowest BCUT2D eigenvalue weighted by Crippen LogP contribution is -2.53. The Labute approximate surface area is 96.2 Å². The van der Waals surface area contributed by atoms with Gasteiger partial charge in [0.05, 0.1) is 6.42 Å². The lowest BCUT2D eigenvalue weighted by Gasteiger charge is -2.36. The fourth-order valence-electron chi connectivity index (χ4n) is 1.83. The third-order valence-electron chi connectivity index (χ3n) is 2.97. The molecule has 1 aliphatic rings. The largest absolute Gasteiger partial charge is 0.480 e. The van der Waals surface area contributed by atoms with Gasteiger partial charge in [0.25, 0.3) is 0 Å². The lowest BCUT2D eigenvalue weighted by atomic mass is 9.68. The second-order valence-electron chi connectivity index (χ2n) is 4.43. The van der Waals surface area contributed by atoms with Gasteiger partial charge in [-0.15, -0.1) is 0 Å². The molecule has 0 aliphatic heterocycles. The van der Waals surface area contributed by atoms with Crippen LogP contribution in [0, 0.1) is 5.41 Å². The zero-order chi connectivity index (χ0) is 13.3. The number of carbonyl (C=O) groups is 2. The van der Waals surface area contributed by atoms with Crippen molar-refractivity contribution in [2.75, 3.05) is 0 Å². The van der Waals surface area contributed by atoms with Crippen LogP contribution < -0.4 is 5.32 Å². The maximum absolute atomic E-state index is 12.0. The van der Waals surface area contributed by atoms with Gasteiger partial charge in [0.2, 0.25) is 5.91 Å². The fraction of sp³-hybridized carbons (Fsp3) is 0.800. The summed E-state index contributed by atoms with van der Waals surface area (Å²) in [7, 11) is 0. The number of hydrogen-bond donors (Lipinski definition) is 2. The van der Waals surface area contributed by atoms with Gasteiger partial charge in [-0.05, 0) is 19.8 Å². The van der Waals surface area contributed by atoms with Gasteiger partial charge in [-0.2, -0.15) is 13.2 Å². The number of alkyl halides is 3. The number of carboxylic acid groups (broad SMARTS) is 1. The Morgan fingerprint density at radius 2 is 1.94 bits per heavy atom. The number of nitrogens with one attached hydrogen (secondary N) is 1. The summed E-state index contributed by atoms with van der Waals surface area (Å²) in [5.41, 5.74) is -1.51. The number of carbonyl (C=O) groups excluding carboxylic acids is 1. The molecule has 7 heteroatoms. The molecular weight excluding hydrogens is 239 g/mol. The predicted octanol–water partition coefficient (Wildman–Crippen LogP) is 1.70. The van der Waals surface area contributed by atoms with Gasteiger partial charge in [-0.3, -0.25) is 9.59 Å². The molecule has 2 N–H and O–H groups in total. The second-order valence-corrected chi connectivity index (χ2v) is 4.43. The molecule has 1 fully saturated rings. The topological polar surface area (TPSA) is 66.4 Å². The number of halogens is 3. The van der Waals surface area contributed by atoms with Gasteiger partial charge >= 0.3 is 12.1 Å². The zero-order valence-corrected chi connectivity index (χ0v) is 9.30. The molecule has 1 amide bonds. The summed E-state index contributed by atoms with van der Waals surface area (Å²) in [6.45, 7) is 1.21. The first kappa shape index (κ1) is 13.8. The molecule has 1 unspecified atom stereocenters. The van der Waals surface area contributed by atoms with E-state index >= 15 is 0 Å². The summed E-state index contributed by atoms with van der Waals surface area (Å²) in [6.07, 6.45) is -4.55. The first-order valence-corrected chi connectivity index (χ1v) is 5.28. The standard InChI is InChI=1S/C10H14F3NO3/c1-6(5-10(11,12)13)14-7(15)9(8(16)17)3-2-4-9/h6H,2-5H2,1H3,(H,14,15)(H,16,17). The molecule has 0 aromatic carbocycles. The average Bonchev–Trinajstić information content (AvgIpc) is 1.94. The summed E-state index contributed by atoms with van der Waals surface area (Å²) < 4.78 is 36.1. The van der Waals surface area contributed by atoms with Gasteiger partial charge in [0.1, 0.15) is 5.41 Å². The summed E-state index contributed by atoms with van der Waals surface area (Å²) in [5.74, 6) is -2.08. The molecule has 1 aliphatic carbocycles. The first-order chi connectivity index (χ1) is 7.67. The predicted molar refractivity (Wildman–Crippen MR) is 52.2 cm³/mol. The van der Waals surface area contributed by atoms with Gasteiger partial charge in [-0.1, -0.05) is 6.42 Å². The number of amides is 1. The highest BCUT2D eigenvalue weighted by molar-refractivity contribution is 6.02. The molecule has 0 bridgehead atoms. The zero-order valence-electron chi connectivity index (χ0n) is 9.30. The van der Waals surface area contributed by atoms with Crippen molar-refractivity contribution < 1.29 is 27.9 Å². The SMILES string of the molecule is CC(CC(F)(F)F)NC(=O)C1(C(=O)O)CCC1. The van der Waals surface area contributed by atoms with Crippen molar-refractivity contribution in [1.82, 2.24) is 5.32 Å². The van der Waals surface area contributed by atoms with Crippen LogP contribution in [-0.4, -0.2) is 29.2 Å². The molecule has 98 valence electrons. The van der Waals surface area contributed by atoms with E-state index in [9.17, 15) is 22.8 Å². The molecule has 0 heterocycles. The minimum Gasteiger partial charge on any atom is -0.480 e. The molecule has 17 heavy (non-hydrogen) atoms. The number of rotatable bonds is 4. The van der Waals surface area contributed by atoms with Crippen LogP contribution >= 0.6 is 0 Å². The molecule has 0 aromatic rings. The van der Waals surface area contributed by atoms with Crippen LogP contribution in [0.3, 0.4) is 0 Å². The third kappa shape index (κ3) is 3.10. The van der Waals surface area contributed by atoms with E-state index in [1.807, 2.05) is 0 Å². The van der Waals surface area contributed by atoms with Crippen LogP contribution in [0.25, 0.3) is 0 Å². The van der Waals surface area contributed by atoms with Crippen LogP contribution in [-0.2, 0) is 9.59 Å². The molecule has 0 radical (unpaired) electrons. The minimum absolute atomic E-state index is 0.187. The monoisotopic (exact) mass is 253 g/mol. The molecule has 1 rings (SSSR count). The molecule has 4 nitrogen and oxygen atoms in total. The molecule has 0 spiro atoms. The molecule has 0 saturated heterocycles. The summed E-state index contributed by atoms with van der Waals surface area (Å²) in [4.78, 5) is 22.6. The Bertz CT molecular complexity index is 323. The summed E-state index contributed by atoms with van der Waals surface area (Å²) >= 11 is 0. The van der Waals surface area contributed by atoms with E-state index in [4.69, 9.17) is 5.11 Å². The van der Waals surface area contributed by atoms with E-state index in [-0.39, 0.29) is 12.8 Å². The lowest BCUT2D eigenvalue weighted by molar-refractivity contribution is -0.163. The van der Waals surface area contributed by atoms with Crippen molar-refractivity contribution in [2.45, 2.75) is 44.8 Å². The quantitative estimate of drug-likeness (QED) is 0.749. The van der Waals surface area contributed by atoms with Crippen LogP contribution in [0.5, 0.6) is 0 Å². The smallest absolute Gasteiger partial charge is 0.391 e. The van der Waals surface area contributed by atoms with Crippen molar-refractivity contribution in [3.63, 3.8) is 0 Å². The van der Waals surface area contributed by atoms with E-state index in [2.05, 4.69) is 5.32 Å². The highest BCUT2D eigenvalue weighted by Crippen LogP contribution is 2.41. The molecular formula is C10H14F3NO3. The van der Waals surface area contributed by atoms with Gasteiger partial charge in [0.15, 0.2) is 0 Å². The Balaban J connectivity index is 2.57. The fourth-order valence-corrected chi connectivity index (χ4v) is 1.83. The maximum atomic E-state index is 12.0. The van der Waals surface area contributed by atoms with Gasteiger partial charge in [-0.25, -0.2) is 0 Å².